The summed E-state index contributed by atoms with van der Waals surface area (Å²) in [5.41, 5.74) is 0.707. The Morgan fingerprint density at radius 1 is 1.43 bits per heavy atom. The first-order valence-corrected chi connectivity index (χ1v) is 7.60. The molecule has 21 heavy (non-hydrogen) atoms. The van der Waals surface area contributed by atoms with Gasteiger partial charge >= 0.3 is 5.97 Å². The second-order valence-corrected chi connectivity index (χ2v) is 5.99. The number of hydrogen-bond donors (Lipinski definition) is 0. The number of rotatable bonds is 5. The average molecular weight is 306 g/mol. The molecule has 1 saturated carbocycles. The molecule has 6 heteroatoms. The molecule has 110 valence electrons. The van der Waals surface area contributed by atoms with Crippen LogP contribution in [-0.2, 0) is 9.53 Å². The predicted octanol–water partition coefficient (Wildman–Crippen LogP) is 3.36. The number of methoxy groups -OCH3 is 1. The zero-order valence-corrected chi connectivity index (χ0v) is 12.3. The average Bonchev–Trinajstić information content (AvgIpc) is 3.24. The number of imidazole rings is 1. The number of hydrogen-bond acceptors (Lipinski definition) is 4. The van der Waals surface area contributed by atoms with Crippen LogP contribution >= 0.6 is 11.8 Å². The van der Waals surface area contributed by atoms with Crippen LogP contribution < -0.4 is 0 Å². The van der Waals surface area contributed by atoms with Gasteiger partial charge in [-0.3, -0.25) is 4.79 Å². The van der Waals surface area contributed by atoms with Crippen molar-refractivity contribution >= 4 is 17.7 Å². The summed E-state index contributed by atoms with van der Waals surface area (Å²) in [6, 6.07) is 6.39. The summed E-state index contributed by atoms with van der Waals surface area (Å²) in [5.74, 6) is -0.691. The molecule has 0 N–H and O–H groups in total. The Balaban J connectivity index is 1.87. The molecule has 1 fully saturated rings. The minimum Gasteiger partial charge on any atom is -0.468 e. The molecule has 0 saturated heterocycles. The van der Waals surface area contributed by atoms with Gasteiger partial charge in [-0.1, -0.05) is 23.9 Å². The number of carbonyl (C=O) groups is 1. The first kappa shape index (κ1) is 14.1. The van der Waals surface area contributed by atoms with Crippen molar-refractivity contribution in [3.63, 3.8) is 0 Å². The minimum absolute atomic E-state index is 0.327. The zero-order valence-electron chi connectivity index (χ0n) is 11.5. The van der Waals surface area contributed by atoms with Crippen molar-refractivity contribution in [1.29, 1.82) is 0 Å². The maximum absolute atomic E-state index is 13.0. The maximum Gasteiger partial charge on any atom is 0.323 e. The van der Waals surface area contributed by atoms with Crippen molar-refractivity contribution in [2.75, 3.05) is 7.11 Å². The molecule has 1 aromatic heterocycles. The van der Waals surface area contributed by atoms with E-state index in [4.69, 9.17) is 4.74 Å². The SMILES string of the molecule is COC(=O)[C@H](Sc1nccn1C1CC1)c1ccc(F)cc1. The van der Waals surface area contributed by atoms with Crippen molar-refractivity contribution in [3.05, 3.63) is 48.0 Å². The molecule has 1 atom stereocenters. The van der Waals surface area contributed by atoms with Crippen LogP contribution in [0.1, 0.15) is 29.7 Å². The van der Waals surface area contributed by atoms with Crippen molar-refractivity contribution in [2.45, 2.75) is 29.3 Å². The van der Waals surface area contributed by atoms with Crippen LogP contribution in [0, 0.1) is 5.82 Å². The number of carbonyl (C=O) groups excluding carboxylic acids is 1. The highest BCUT2D eigenvalue weighted by atomic mass is 32.2. The van der Waals surface area contributed by atoms with Crippen molar-refractivity contribution < 1.29 is 13.9 Å². The van der Waals surface area contributed by atoms with Crippen molar-refractivity contribution in [3.8, 4) is 0 Å². The van der Waals surface area contributed by atoms with Crippen LogP contribution in [0.5, 0.6) is 0 Å². The second-order valence-electron chi connectivity index (χ2n) is 4.92. The Hall–Kier alpha value is -1.82. The van der Waals surface area contributed by atoms with Gasteiger partial charge in [0, 0.05) is 18.4 Å². The molecule has 0 aliphatic heterocycles. The molecule has 0 amide bonds. The topological polar surface area (TPSA) is 44.1 Å². The Morgan fingerprint density at radius 3 is 2.76 bits per heavy atom. The Morgan fingerprint density at radius 2 is 2.14 bits per heavy atom. The number of ether oxygens (including phenoxy) is 1. The third-order valence-electron chi connectivity index (χ3n) is 3.38. The van der Waals surface area contributed by atoms with Crippen LogP contribution in [0.15, 0.2) is 41.8 Å². The van der Waals surface area contributed by atoms with Gasteiger partial charge in [0.05, 0.1) is 7.11 Å². The van der Waals surface area contributed by atoms with E-state index in [9.17, 15) is 9.18 Å². The molecule has 3 rings (SSSR count). The van der Waals surface area contributed by atoms with E-state index in [0.717, 1.165) is 18.0 Å². The molecular weight excluding hydrogens is 291 g/mol. The maximum atomic E-state index is 13.0. The molecule has 1 heterocycles. The summed E-state index contributed by atoms with van der Waals surface area (Å²) >= 11 is 1.34. The standard InChI is InChI=1S/C15H15FN2O2S/c1-20-14(19)13(10-2-4-11(16)5-3-10)21-15-17-8-9-18(15)12-6-7-12/h2-5,8-9,12-13H,6-7H2,1H3/t13-/m1/s1. The van der Waals surface area contributed by atoms with Crippen molar-refractivity contribution in [1.82, 2.24) is 9.55 Å². The third-order valence-corrected chi connectivity index (χ3v) is 4.61. The largest absolute Gasteiger partial charge is 0.468 e. The highest BCUT2D eigenvalue weighted by Crippen LogP contribution is 2.41. The van der Waals surface area contributed by atoms with Gasteiger partial charge in [-0.2, -0.15) is 0 Å². The van der Waals surface area contributed by atoms with E-state index >= 15 is 0 Å². The fourth-order valence-electron chi connectivity index (χ4n) is 2.12. The fraction of sp³-hybridized carbons (Fsp3) is 0.333. The van der Waals surface area contributed by atoms with Gasteiger partial charge in [-0.15, -0.1) is 0 Å². The number of thioether (sulfide) groups is 1. The van der Waals surface area contributed by atoms with Gasteiger partial charge in [0.25, 0.3) is 0 Å². The van der Waals surface area contributed by atoms with Gasteiger partial charge in [0.2, 0.25) is 0 Å². The van der Waals surface area contributed by atoms with Crippen LogP contribution in [0.4, 0.5) is 4.39 Å². The molecule has 4 nitrogen and oxygen atoms in total. The number of aromatic nitrogens is 2. The quantitative estimate of drug-likeness (QED) is 0.627. The number of esters is 1. The van der Waals surface area contributed by atoms with E-state index in [2.05, 4.69) is 9.55 Å². The van der Waals surface area contributed by atoms with Gasteiger partial charge in [-0.25, -0.2) is 9.37 Å². The second kappa shape index (κ2) is 5.89. The van der Waals surface area contributed by atoms with Crippen LogP contribution in [0.2, 0.25) is 0 Å². The van der Waals surface area contributed by atoms with Crippen molar-refractivity contribution in [2.24, 2.45) is 0 Å². The monoisotopic (exact) mass is 306 g/mol. The van der Waals surface area contributed by atoms with Crippen LogP contribution in [-0.4, -0.2) is 22.6 Å². The first-order valence-electron chi connectivity index (χ1n) is 6.72. The fourth-order valence-corrected chi connectivity index (χ4v) is 3.27. The number of halogens is 1. The molecule has 0 spiro atoms. The van der Waals surface area contributed by atoms with Crippen LogP contribution in [0.3, 0.4) is 0 Å². The summed E-state index contributed by atoms with van der Waals surface area (Å²) in [6.45, 7) is 0. The Kier molecular flexibility index (Phi) is 3.96. The van der Waals surface area contributed by atoms with E-state index < -0.39 is 5.25 Å². The normalized spacial score (nSPS) is 15.7. The first-order chi connectivity index (χ1) is 10.2. The molecule has 1 aromatic carbocycles. The van der Waals surface area contributed by atoms with Crippen LogP contribution in [0.25, 0.3) is 0 Å². The molecule has 1 aliphatic rings. The summed E-state index contributed by atoms with van der Waals surface area (Å²) in [4.78, 5) is 16.4. The van der Waals surface area contributed by atoms with Gasteiger partial charge in [-0.05, 0) is 30.5 Å². The van der Waals surface area contributed by atoms with E-state index in [1.165, 1.54) is 31.0 Å². The smallest absolute Gasteiger partial charge is 0.323 e. The lowest BCUT2D eigenvalue weighted by atomic mass is 10.1. The molecule has 0 radical (unpaired) electrons. The summed E-state index contributed by atoms with van der Waals surface area (Å²) in [7, 11) is 1.35. The molecule has 2 aromatic rings. The zero-order chi connectivity index (χ0) is 14.8. The summed E-state index contributed by atoms with van der Waals surface area (Å²) in [6.07, 6.45) is 5.95. The van der Waals surface area contributed by atoms with E-state index in [-0.39, 0.29) is 11.8 Å². The Bertz CT molecular complexity index is 637. The lowest BCUT2D eigenvalue weighted by Gasteiger charge is -2.15. The minimum atomic E-state index is -0.546. The van der Waals surface area contributed by atoms with E-state index in [1.54, 1.807) is 18.3 Å². The number of nitrogens with zero attached hydrogens (tertiary/aromatic N) is 2. The summed E-state index contributed by atoms with van der Waals surface area (Å²) < 4.78 is 20.0. The summed E-state index contributed by atoms with van der Waals surface area (Å²) in [5, 5.41) is 0.243. The lowest BCUT2D eigenvalue weighted by molar-refractivity contribution is -0.140. The van der Waals surface area contributed by atoms with Gasteiger partial charge in [0.15, 0.2) is 5.16 Å². The van der Waals surface area contributed by atoms with Gasteiger partial charge in [0.1, 0.15) is 11.1 Å². The predicted molar refractivity (Wildman–Crippen MR) is 77.5 cm³/mol. The van der Waals surface area contributed by atoms with Gasteiger partial charge < -0.3 is 9.30 Å². The highest BCUT2D eigenvalue weighted by molar-refractivity contribution is 8.00. The van der Waals surface area contributed by atoms with E-state index in [1.807, 2.05) is 6.20 Å². The molecule has 0 bridgehead atoms. The molecule has 1 aliphatic carbocycles. The third kappa shape index (κ3) is 3.10. The molecule has 0 unspecified atom stereocenters. The lowest BCUT2D eigenvalue weighted by Crippen LogP contribution is -2.12. The number of benzene rings is 1. The highest BCUT2D eigenvalue weighted by Gasteiger charge is 2.29. The molecular formula is C15H15FN2O2S. The van der Waals surface area contributed by atoms with E-state index in [0.29, 0.717) is 11.6 Å². The Labute approximate surface area is 126 Å².